The number of halogens is 2. The van der Waals surface area contributed by atoms with Crippen LogP contribution >= 0.6 is 11.6 Å². The third-order valence-electron chi connectivity index (χ3n) is 1.66. The predicted molar refractivity (Wildman–Crippen MR) is 55.4 cm³/mol. The van der Waals surface area contributed by atoms with Gasteiger partial charge >= 0.3 is 0 Å². The zero-order chi connectivity index (χ0) is 10.7. The molecule has 0 unspecified atom stereocenters. The Kier molecular flexibility index (Phi) is 3.41. The van der Waals surface area contributed by atoms with Gasteiger partial charge in [-0.15, -0.1) is 0 Å². The first-order chi connectivity index (χ1) is 6.56. The standard InChI is InChI=1S/C9H11ClFN3/c1-12-9(14(2)3)8-6(11)4-5-7(10)13-8/h4-5H,1-3H3. The summed E-state index contributed by atoms with van der Waals surface area (Å²) in [6.45, 7) is 0. The summed E-state index contributed by atoms with van der Waals surface area (Å²) in [5.41, 5.74) is 0.171. The van der Waals surface area contributed by atoms with E-state index in [4.69, 9.17) is 11.6 Å². The van der Waals surface area contributed by atoms with Crippen molar-refractivity contribution in [2.75, 3.05) is 21.1 Å². The van der Waals surface area contributed by atoms with E-state index < -0.39 is 5.82 Å². The number of hydrogen-bond acceptors (Lipinski definition) is 2. The molecule has 14 heavy (non-hydrogen) atoms. The van der Waals surface area contributed by atoms with Crippen molar-refractivity contribution in [2.45, 2.75) is 0 Å². The van der Waals surface area contributed by atoms with Gasteiger partial charge in [0.1, 0.15) is 10.8 Å². The first kappa shape index (κ1) is 10.9. The summed E-state index contributed by atoms with van der Waals surface area (Å²) in [5, 5.41) is 0.254. The van der Waals surface area contributed by atoms with Crippen LogP contribution < -0.4 is 0 Å². The molecule has 0 N–H and O–H groups in total. The quantitative estimate of drug-likeness (QED) is 0.406. The van der Waals surface area contributed by atoms with E-state index in [9.17, 15) is 4.39 Å². The molecule has 1 aromatic heterocycles. The normalized spacial score (nSPS) is 11.6. The lowest BCUT2D eigenvalue weighted by atomic mass is 10.3. The Balaban J connectivity index is 3.23. The summed E-state index contributed by atoms with van der Waals surface area (Å²) in [7, 11) is 5.12. The Morgan fingerprint density at radius 3 is 2.64 bits per heavy atom. The van der Waals surface area contributed by atoms with Gasteiger partial charge in [0.2, 0.25) is 0 Å². The maximum Gasteiger partial charge on any atom is 0.152 e. The molecule has 0 atom stereocenters. The monoisotopic (exact) mass is 215 g/mol. The number of nitrogens with zero attached hydrogens (tertiary/aromatic N) is 3. The largest absolute Gasteiger partial charge is 0.361 e. The van der Waals surface area contributed by atoms with Crippen molar-refractivity contribution < 1.29 is 4.39 Å². The van der Waals surface area contributed by atoms with Gasteiger partial charge in [0.05, 0.1) is 0 Å². The number of amidine groups is 1. The average molecular weight is 216 g/mol. The van der Waals surface area contributed by atoms with E-state index in [-0.39, 0.29) is 10.8 Å². The van der Waals surface area contributed by atoms with Crippen molar-refractivity contribution in [1.82, 2.24) is 9.88 Å². The molecule has 5 heteroatoms. The van der Waals surface area contributed by atoms with Crippen LogP contribution in [0.5, 0.6) is 0 Å². The Morgan fingerprint density at radius 1 is 1.50 bits per heavy atom. The fraction of sp³-hybridized carbons (Fsp3) is 0.333. The van der Waals surface area contributed by atoms with Crippen LogP contribution in [0.3, 0.4) is 0 Å². The Bertz CT molecular complexity index is 363. The molecule has 0 aliphatic rings. The minimum absolute atomic E-state index is 0.171. The summed E-state index contributed by atoms with van der Waals surface area (Å²) in [6.07, 6.45) is 0. The number of aromatic nitrogens is 1. The zero-order valence-electron chi connectivity index (χ0n) is 8.25. The van der Waals surface area contributed by atoms with E-state index >= 15 is 0 Å². The second-order valence-corrected chi connectivity index (χ2v) is 3.29. The molecule has 76 valence electrons. The van der Waals surface area contributed by atoms with Gasteiger partial charge in [-0.05, 0) is 12.1 Å². The highest BCUT2D eigenvalue weighted by atomic mass is 35.5. The van der Waals surface area contributed by atoms with Crippen molar-refractivity contribution in [3.8, 4) is 0 Å². The summed E-state index contributed by atoms with van der Waals surface area (Å²) >= 11 is 5.67. The van der Waals surface area contributed by atoms with Gasteiger partial charge in [0, 0.05) is 21.1 Å². The third-order valence-corrected chi connectivity index (χ3v) is 1.87. The molecule has 0 aliphatic heterocycles. The number of rotatable bonds is 1. The zero-order valence-corrected chi connectivity index (χ0v) is 9.01. The molecule has 3 nitrogen and oxygen atoms in total. The van der Waals surface area contributed by atoms with Crippen LogP contribution in [0.2, 0.25) is 5.15 Å². The second-order valence-electron chi connectivity index (χ2n) is 2.91. The van der Waals surface area contributed by atoms with E-state index in [2.05, 4.69) is 9.98 Å². The molecule has 0 aliphatic carbocycles. The Morgan fingerprint density at radius 2 is 2.14 bits per heavy atom. The summed E-state index contributed by atoms with van der Waals surface area (Å²) in [6, 6.07) is 2.68. The first-order valence-corrected chi connectivity index (χ1v) is 4.40. The van der Waals surface area contributed by atoms with Crippen molar-refractivity contribution in [2.24, 2.45) is 4.99 Å². The molecule has 0 saturated carbocycles. The van der Waals surface area contributed by atoms with Crippen LogP contribution in [-0.2, 0) is 0 Å². The van der Waals surface area contributed by atoms with Crippen LogP contribution in [0.25, 0.3) is 0 Å². The summed E-state index contributed by atoms with van der Waals surface area (Å²) in [5.74, 6) is 0.0358. The van der Waals surface area contributed by atoms with E-state index in [1.807, 2.05) is 0 Å². The maximum atomic E-state index is 13.3. The molecule has 0 aromatic carbocycles. The van der Waals surface area contributed by atoms with Crippen LogP contribution in [-0.4, -0.2) is 36.9 Å². The van der Waals surface area contributed by atoms with Crippen molar-refractivity contribution in [3.63, 3.8) is 0 Å². The fourth-order valence-corrected chi connectivity index (χ4v) is 1.24. The molecule has 0 spiro atoms. The molecule has 0 amide bonds. The minimum Gasteiger partial charge on any atom is -0.361 e. The predicted octanol–water partition coefficient (Wildman–Crippen LogP) is 1.81. The lowest BCUT2D eigenvalue weighted by Gasteiger charge is -2.14. The third kappa shape index (κ3) is 2.20. The van der Waals surface area contributed by atoms with Gasteiger partial charge in [0.25, 0.3) is 0 Å². The van der Waals surface area contributed by atoms with Crippen LogP contribution in [0.15, 0.2) is 17.1 Å². The summed E-state index contributed by atoms with van der Waals surface area (Å²) < 4.78 is 13.3. The van der Waals surface area contributed by atoms with Crippen LogP contribution in [0.1, 0.15) is 5.69 Å². The van der Waals surface area contributed by atoms with Gasteiger partial charge in [0.15, 0.2) is 11.7 Å². The van der Waals surface area contributed by atoms with Crippen molar-refractivity contribution >= 4 is 17.4 Å². The number of aliphatic imine (C=N–C) groups is 1. The molecule has 0 bridgehead atoms. The first-order valence-electron chi connectivity index (χ1n) is 4.02. The average Bonchev–Trinajstić information content (AvgIpc) is 2.11. The highest BCUT2D eigenvalue weighted by molar-refractivity contribution is 6.29. The lowest BCUT2D eigenvalue weighted by molar-refractivity contribution is 0.588. The van der Waals surface area contributed by atoms with E-state index in [0.717, 1.165) is 0 Å². The van der Waals surface area contributed by atoms with Gasteiger partial charge in [-0.2, -0.15) is 0 Å². The number of hydrogen-bond donors (Lipinski definition) is 0. The Hall–Kier alpha value is -1.16. The second kappa shape index (κ2) is 4.37. The topological polar surface area (TPSA) is 28.5 Å². The van der Waals surface area contributed by atoms with Crippen LogP contribution in [0.4, 0.5) is 4.39 Å². The van der Waals surface area contributed by atoms with E-state index in [1.54, 1.807) is 26.0 Å². The van der Waals surface area contributed by atoms with Gasteiger partial charge in [-0.1, -0.05) is 11.6 Å². The molecular weight excluding hydrogens is 205 g/mol. The lowest BCUT2D eigenvalue weighted by Crippen LogP contribution is -2.25. The van der Waals surface area contributed by atoms with E-state index in [1.165, 1.54) is 12.1 Å². The van der Waals surface area contributed by atoms with Gasteiger partial charge < -0.3 is 4.90 Å². The molecular formula is C9H11ClFN3. The van der Waals surface area contributed by atoms with Crippen molar-refractivity contribution in [1.29, 1.82) is 0 Å². The molecule has 0 radical (unpaired) electrons. The molecule has 1 heterocycles. The highest BCUT2D eigenvalue weighted by Crippen LogP contribution is 2.11. The fourth-order valence-electron chi connectivity index (χ4n) is 1.09. The molecule has 1 rings (SSSR count). The van der Waals surface area contributed by atoms with Crippen molar-refractivity contribution in [3.05, 3.63) is 28.8 Å². The minimum atomic E-state index is -0.427. The van der Waals surface area contributed by atoms with Gasteiger partial charge in [-0.25, -0.2) is 9.37 Å². The molecule has 1 aromatic rings. The van der Waals surface area contributed by atoms with Crippen LogP contribution in [0, 0.1) is 5.82 Å². The smallest absolute Gasteiger partial charge is 0.152 e. The maximum absolute atomic E-state index is 13.3. The SMILES string of the molecule is CN=C(c1nc(Cl)ccc1F)N(C)C. The van der Waals surface area contributed by atoms with Gasteiger partial charge in [-0.3, -0.25) is 4.99 Å². The summed E-state index contributed by atoms with van der Waals surface area (Å²) in [4.78, 5) is 9.51. The Labute approximate surface area is 87.2 Å². The number of pyridine rings is 1. The molecule has 0 saturated heterocycles. The highest BCUT2D eigenvalue weighted by Gasteiger charge is 2.12. The van der Waals surface area contributed by atoms with E-state index in [0.29, 0.717) is 5.84 Å². The molecule has 0 fully saturated rings.